The fourth-order valence-electron chi connectivity index (χ4n) is 2.70. The predicted molar refractivity (Wildman–Crippen MR) is 94.4 cm³/mol. The first-order valence-corrected chi connectivity index (χ1v) is 9.00. The van der Waals surface area contributed by atoms with E-state index in [4.69, 9.17) is 4.74 Å². The van der Waals surface area contributed by atoms with Crippen molar-refractivity contribution in [3.05, 3.63) is 65.7 Å². The minimum Gasteiger partial charge on any atom is -0.489 e. The lowest BCUT2D eigenvalue weighted by Gasteiger charge is -2.24. The Kier molecular flexibility index (Phi) is 5.23. The highest BCUT2D eigenvalue weighted by Gasteiger charge is 2.29. The summed E-state index contributed by atoms with van der Waals surface area (Å²) in [5, 5.41) is 0.114. The molecule has 1 fully saturated rings. The Bertz CT molecular complexity index is 659. The fraction of sp³-hybridized carbons (Fsp3) is 0.316. The van der Waals surface area contributed by atoms with Gasteiger partial charge >= 0.3 is 0 Å². The summed E-state index contributed by atoms with van der Waals surface area (Å²) in [6.45, 7) is 3.30. The standard InChI is InChI=1S/C19H21NO2S/c1-2-18(21)20-11-12-23-19(20)16-9-6-10-17(13-16)22-14-15-7-4-3-5-8-15/h3-10,13,19H,2,11-12,14H2,1H3/t19-/m0/s1. The van der Waals surface area contributed by atoms with Gasteiger partial charge in [-0.05, 0) is 23.3 Å². The lowest BCUT2D eigenvalue weighted by Crippen LogP contribution is -2.29. The molecule has 1 saturated heterocycles. The summed E-state index contributed by atoms with van der Waals surface area (Å²) in [5.41, 5.74) is 2.29. The molecule has 0 unspecified atom stereocenters. The molecule has 23 heavy (non-hydrogen) atoms. The Hall–Kier alpha value is -1.94. The van der Waals surface area contributed by atoms with Crippen molar-refractivity contribution in [1.29, 1.82) is 0 Å². The summed E-state index contributed by atoms with van der Waals surface area (Å²) < 4.78 is 5.90. The molecular weight excluding hydrogens is 306 g/mol. The zero-order valence-corrected chi connectivity index (χ0v) is 14.1. The van der Waals surface area contributed by atoms with Gasteiger partial charge in [-0.25, -0.2) is 0 Å². The number of amides is 1. The number of ether oxygens (including phenoxy) is 1. The van der Waals surface area contributed by atoms with E-state index in [-0.39, 0.29) is 11.3 Å². The van der Waals surface area contributed by atoms with E-state index in [1.807, 2.05) is 53.9 Å². The third-order valence-corrected chi connectivity index (χ3v) is 5.17. The number of carbonyl (C=O) groups is 1. The first-order valence-electron chi connectivity index (χ1n) is 7.95. The molecule has 0 aromatic heterocycles. The maximum atomic E-state index is 12.1. The fourth-order valence-corrected chi connectivity index (χ4v) is 3.97. The Morgan fingerprint density at radius 3 is 2.83 bits per heavy atom. The number of benzene rings is 2. The van der Waals surface area contributed by atoms with Crippen molar-refractivity contribution in [2.45, 2.75) is 25.3 Å². The maximum absolute atomic E-state index is 12.1. The van der Waals surface area contributed by atoms with Crippen LogP contribution >= 0.6 is 11.8 Å². The van der Waals surface area contributed by atoms with E-state index in [1.165, 1.54) is 0 Å². The zero-order chi connectivity index (χ0) is 16.1. The van der Waals surface area contributed by atoms with Crippen molar-refractivity contribution in [1.82, 2.24) is 4.90 Å². The molecule has 1 amide bonds. The third kappa shape index (κ3) is 3.88. The predicted octanol–water partition coefficient (Wildman–Crippen LogP) is 4.25. The topological polar surface area (TPSA) is 29.5 Å². The van der Waals surface area contributed by atoms with Gasteiger partial charge in [0.1, 0.15) is 17.7 Å². The van der Waals surface area contributed by atoms with Crippen LogP contribution in [0.4, 0.5) is 0 Å². The SMILES string of the molecule is CCC(=O)N1CCS[C@H]1c1cccc(OCc2ccccc2)c1. The second kappa shape index (κ2) is 7.55. The average molecular weight is 327 g/mol. The Balaban J connectivity index is 1.71. The summed E-state index contributed by atoms with van der Waals surface area (Å²) in [7, 11) is 0. The van der Waals surface area contributed by atoms with Crippen LogP contribution in [0.3, 0.4) is 0 Å². The molecule has 1 aliphatic rings. The Morgan fingerprint density at radius 2 is 2.04 bits per heavy atom. The number of hydrogen-bond acceptors (Lipinski definition) is 3. The van der Waals surface area contributed by atoms with Crippen LogP contribution in [-0.4, -0.2) is 23.1 Å². The molecule has 3 rings (SSSR count). The number of carbonyl (C=O) groups excluding carboxylic acids is 1. The van der Waals surface area contributed by atoms with Crippen LogP contribution in [0, 0.1) is 0 Å². The molecule has 2 aromatic carbocycles. The summed E-state index contributed by atoms with van der Waals surface area (Å²) >= 11 is 1.82. The van der Waals surface area contributed by atoms with E-state index < -0.39 is 0 Å². The van der Waals surface area contributed by atoms with E-state index in [9.17, 15) is 4.79 Å². The Morgan fingerprint density at radius 1 is 1.22 bits per heavy atom. The normalized spacial score (nSPS) is 17.3. The van der Waals surface area contributed by atoms with Gasteiger partial charge in [-0.3, -0.25) is 4.79 Å². The minimum absolute atomic E-state index is 0.114. The molecule has 2 aromatic rings. The van der Waals surface area contributed by atoms with Gasteiger partial charge in [0.2, 0.25) is 5.91 Å². The van der Waals surface area contributed by atoms with Gasteiger partial charge in [-0.1, -0.05) is 49.4 Å². The molecule has 0 N–H and O–H groups in total. The van der Waals surface area contributed by atoms with Crippen molar-refractivity contribution in [3.63, 3.8) is 0 Å². The molecule has 1 aliphatic heterocycles. The van der Waals surface area contributed by atoms with E-state index in [2.05, 4.69) is 24.3 Å². The van der Waals surface area contributed by atoms with Crippen LogP contribution in [0.15, 0.2) is 54.6 Å². The van der Waals surface area contributed by atoms with Crippen molar-refractivity contribution in [3.8, 4) is 5.75 Å². The first-order chi connectivity index (χ1) is 11.3. The smallest absolute Gasteiger partial charge is 0.223 e. The van der Waals surface area contributed by atoms with Crippen molar-refractivity contribution in [2.24, 2.45) is 0 Å². The molecule has 120 valence electrons. The van der Waals surface area contributed by atoms with E-state index >= 15 is 0 Å². The van der Waals surface area contributed by atoms with Gasteiger partial charge in [-0.2, -0.15) is 0 Å². The lowest BCUT2D eigenvalue weighted by atomic mass is 10.2. The summed E-state index contributed by atoms with van der Waals surface area (Å²) in [4.78, 5) is 14.0. The molecule has 0 saturated carbocycles. The van der Waals surface area contributed by atoms with E-state index in [0.29, 0.717) is 13.0 Å². The average Bonchev–Trinajstić information content (AvgIpc) is 3.10. The molecule has 0 aliphatic carbocycles. The number of rotatable bonds is 5. The van der Waals surface area contributed by atoms with Crippen molar-refractivity contribution < 1.29 is 9.53 Å². The van der Waals surface area contributed by atoms with Gasteiger partial charge in [0.25, 0.3) is 0 Å². The second-order valence-electron chi connectivity index (χ2n) is 5.51. The molecule has 0 radical (unpaired) electrons. The quantitative estimate of drug-likeness (QED) is 0.822. The first kappa shape index (κ1) is 15.9. The van der Waals surface area contributed by atoms with Gasteiger partial charge in [0.15, 0.2) is 0 Å². The summed E-state index contributed by atoms with van der Waals surface area (Å²) in [6, 6.07) is 18.2. The summed E-state index contributed by atoms with van der Waals surface area (Å²) in [6.07, 6.45) is 0.557. The minimum atomic E-state index is 0.114. The lowest BCUT2D eigenvalue weighted by molar-refractivity contribution is -0.131. The summed E-state index contributed by atoms with van der Waals surface area (Å²) in [5.74, 6) is 2.06. The monoisotopic (exact) mass is 327 g/mol. The van der Waals surface area contributed by atoms with Gasteiger partial charge in [0, 0.05) is 18.7 Å². The van der Waals surface area contributed by atoms with Crippen molar-refractivity contribution in [2.75, 3.05) is 12.3 Å². The van der Waals surface area contributed by atoms with Crippen LogP contribution in [0.2, 0.25) is 0 Å². The molecular formula is C19H21NO2S. The van der Waals surface area contributed by atoms with Crippen LogP contribution in [0.25, 0.3) is 0 Å². The van der Waals surface area contributed by atoms with Gasteiger partial charge < -0.3 is 9.64 Å². The molecule has 1 heterocycles. The van der Waals surface area contributed by atoms with E-state index in [0.717, 1.165) is 29.2 Å². The molecule has 3 nitrogen and oxygen atoms in total. The van der Waals surface area contributed by atoms with Crippen LogP contribution in [0.5, 0.6) is 5.75 Å². The van der Waals surface area contributed by atoms with Crippen LogP contribution in [-0.2, 0) is 11.4 Å². The molecule has 4 heteroatoms. The zero-order valence-electron chi connectivity index (χ0n) is 13.3. The van der Waals surface area contributed by atoms with E-state index in [1.54, 1.807) is 0 Å². The molecule has 0 bridgehead atoms. The van der Waals surface area contributed by atoms with Gasteiger partial charge in [-0.15, -0.1) is 11.8 Å². The number of thioether (sulfide) groups is 1. The molecule has 0 spiro atoms. The number of hydrogen-bond donors (Lipinski definition) is 0. The van der Waals surface area contributed by atoms with Crippen LogP contribution < -0.4 is 4.74 Å². The highest BCUT2D eigenvalue weighted by molar-refractivity contribution is 7.99. The third-order valence-electron chi connectivity index (χ3n) is 3.91. The second-order valence-corrected chi connectivity index (χ2v) is 6.70. The largest absolute Gasteiger partial charge is 0.489 e. The van der Waals surface area contributed by atoms with Crippen LogP contribution in [0.1, 0.15) is 29.8 Å². The highest BCUT2D eigenvalue weighted by atomic mass is 32.2. The highest BCUT2D eigenvalue weighted by Crippen LogP contribution is 2.39. The van der Waals surface area contributed by atoms with Gasteiger partial charge in [0.05, 0.1) is 0 Å². The molecule has 1 atom stereocenters. The Labute approximate surface area is 141 Å². The number of nitrogens with zero attached hydrogens (tertiary/aromatic N) is 1. The van der Waals surface area contributed by atoms with Crippen molar-refractivity contribution >= 4 is 17.7 Å². The maximum Gasteiger partial charge on any atom is 0.223 e.